The fraction of sp³-hybridized carbons (Fsp3) is 0.0400. The van der Waals surface area contributed by atoms with Gasteiger partial charge >= 0.3 is 5.97 Å². The number of nitrogens with zero attached hydrogens (tertiary/aromatic N) is 2. The van der Waals surface area contributed by atoms with Crippen LogP contribution < -0.4 is 5.32 Å². The molecule has 0 atom stereocenters. The molecule has 9 heteroatoms. The van der Waals surface area contributed by atoms with Gasteiger partial charge in [-0.05, 0) is 54.1 Å². The third-order valence-electron chi connectivity index (χ3n) is 5.20. The topological polar surface area (TPSA) is 110 Å². The summed E-state index contributed by atoms with van der Waals surface area (Å²) < 4.78 is 9.87. The minimum Gasteiger partial charge on any atom is -0.465 e. The highest BCUT2D eigenvalue weighted by atomic mass is 35.5. The van der Waals surface area contributed by atoms with Gasteiger partial charge in [0.25, 0.3) is 5.91 Å². The Morgan fingerprint density at radius 2 is 1.88 bits per heavy atom. The van der Waals surface area contributed by atoms with Gasteiger partial charge in [0, 0.05) is 23.0 Å². The lowest BCUT2D eigenvalue weighted by Gasteiger charge is -2.07. The Hall–Kier alpha value is -4.43. The number of esters is 1. The number of methoxy groups -OCH3 is 1. The number of benzene rings is 2. The van der Waals surface area contributed by atoms with Crippen molar-refractivity contribution < 1.29 is 18.7 Å². The van der Waals surface area contributed by atoms with E-state index >= 15 is 0 Å². The maximum absolute atomic E-state index is 12.3. The number of imidazole rings is 1. The van der Waals surface area contributed by atoms with Gasteiger partial charge in [0.2, 0.25) is 0 Å². The Morgan fingerprint density at radius 3 is 2.62 bits per heavy atom. The quantitative estimate of drug-likeness (QED) is 0.323. The van der Waals surface area contributed by atoms with Gasteiger partial charge in [0.1, 0.15) is 5.82 Å². The van der Waals surface area contributed by atoms with Crippen LogP contribution in [0, 0.1) is 0 Å². The maximum Gasteiger partial charge on any atom is 0.337 e. The largest absolute Gasteiger partial charge is 0.465 e. The van der Waals surface area contributed by atoms with Crippen LogP contribution in [-0.4, -0.2) is 33.9 Å². The molecule has 5 rings (SSSR count). The Kier molecular flexibility index (Phi) is 5.57. The molecule has 168 valence electrons. The zero-order chi connectivity index (χ0) is 23.7. The molecule has 0 aliphatic heterocycles. The van der Waals surface area contributed by atoms with Crippen molar-refractivity contribution in [2.45, 2.75) is 0 Å². The number of hydrogen-bond donors (Lipinski definition) is 2. The van der Waals surface area contributed by atoms with E-state index in [4.69, 9.17) is 20.8 Å². The number of aromatic nitrogens is 3. The van der Waals surface area contributed by atoms with Crippen LogP contribution in [0.2, 0.25) is 5.02 Å². The van der Waals surface area contributed by atoms with Crippen molar-refractivity contribution in [1.82, 2.24) is 15.0 Å². The van der Waals surface area contributed by atoms with E-state index in [1.807, 2.05) is 18.2 Å². The highest BCUT2D eigenvalue weighted by Gasteiger charge is 2.14. The zero-order valence-electron chi connectivity index (χ0n) is 17.8. The predicted molar refractivity (Wildman–Crippen MR) is 128 cm³/mol. The van der Waals surface area contributed by atoms with E-state index in [1.165, 1.54) is 13.4 Å². The molecule has 0 unspecified atom stereocenters. The van der Waals surface area contributed by atoms with Crippen molar-refractivity contribution in [3.63, 3.8) is 0 Å². The first-order valence-corrected chi connectivity index (χ1v) is 10.6. The SMILES string of the molecule is COC(=O)c1ccc(-c2cnc3nc(-c4cc(NC(=O)c5ccco5)ccc4Cl)[nH]c3c2)cc1. The number of rotatable bonds is 5. The number of H-pyrrole nitrogens is 1. The highest BCUT2D eigenvalue weighted by molar-refractivity contribution is 6.33. The molecule has 0 saturated carbocycles. The number of amides is 1. The maximum atomic E-state index is 12.3. The van der Waals surface area contributed by atoms with E-state index in [2.05, 4.69) is 20.3 Å². The number of anilines is 1. The average Bonchev–Trinajstić information content (AvgIpc) is 3.54. The number of carbonyl (C=O) groups is 2. The van der Waals surface area contributed by atoms with E-state index in [0.717, 1.165) is 11.1 Å². The lowest BCUT2D eigenvalue weighted by atomic mass is 10.1. The van der Waals surface area contributed by atoms with Crippen LogP contribution in [0.4, 0.5) is 5.69 Å². The van der Waals surface area contributed by atoms with Crippen LogP contribution in [0.3, 0.4) is 0 Å². The third-order valence-corrected chi connectivity index (χ3v) is 5.53. The summed E-state index contributed by atoms with van der Waals surface area (Å²) in [4.78, 5) is 36.2. The molecule has 8 nitrogen and oxygen atoms in total. The van der Waals surface area contributed by atoms with Gasteiger partial charge in [-0.25, -0.2) is 14.8 Å². The van der Waals surface area contributed by atoms with Crippen molar-refractivity contribution in [3.05, 3.63) is 89.5 Å². The number of ether oxygens (including phenoxy) is 1. The number of hydrogen-bond acceptors (Lipinski definition) is 6. The summed E-state index contributed by atoms with van der Waals surface area (Å²) in [5.74, 6) is -0.0402. The smallest absolute Gasteiger partial charge is 0.337 e. The molecule has 0 aliphatic carbocycles. The molecular formula is C25H17ClN4O4. The standard InChI is InChI=1S/C25H17ClN4O4/c1-33-25(32)15-6-4-14(5-7-15)16-11-20-23(27-13-16)30-22(29-20)18-12-17(8-9-19(18)26)28-24(31)21-3-2-10-34-21/h2-13H,1H3,(H,28,31)(H,27,29,30). The first kappa shape index (κ1) is 21.4. The number of furan rings is 1. The van der Waals surface area contributed by atoms with Crippen molar-refractivity contribution >= 4 is 40.3 Å². The van der Waals surface area contributed by atoms with Gasteiger partial charge in [-0.1, -0.05) is 23.7 Å². The minimum absolute atomic E-state index is 0.205. The molecule has 0 bridgehead atoms. The van der Waals surface area contributed by atoms with Crippen molar-refractivity contribution in [2.24, 2.45) is 0 Å². The van der Waals surface area contributed by atoms with E-state index < -0.39 is 5.97 Å². The second kappa shape index (κ2) is 8.84. The first-order valence-electron chi connectivity index (χ1n) is 10.2. The number of nitrogens with one attached hydrogen (secondary N) is 2. The van der Waals surface area contributed by atoms with Crippen LogP contribution in [0.5, 0.6) is 0 Å². The molecule has 0 radical (unpaired) electrons. The molecule has 3 aromatic heterocycles. The fourth-order valence-corrected chi connectivity index (χ4v) is 3.69. The van der Waals surface area contributed by atoms with Crippen molar-refractivity contribution in [3.8, 4) is 22.5 Å². The lowest BCUT2D eigenvalue weighted by molar-refractivity contribution is 0.0600. The fourth-order valence-electron chi connectivity index (χ4n) is 3.49. The summed E-state index contributed by atoms with van der Waals surface area (Å²) in [5, 5.41) is 3.25. The summed E-state index contributed by atoms with van der Waals surface area (Å²) in [6.45, 7) is 0. The Balaban J connectivity index is 1.44. The van der Waals surface area contributed by atoms with Gasteiger partial charge in [0.15, 0.2) is 11.4 Å². The highest BCUT2D eigenvalue weighted by Crippen LogP contribution is 2.31. The number of carbonyl (C=O) groups excluding carboxylic acids is 2. The van der Waals surface area contributed by atoms with Gasteiger partial charge < -0.3 is 19.5 Å². The second-order valence-corrected chi connectivity index (χ2v) is 7.78. The molecule has 34 heavy (non-hydrogen) atoms. The van der Waals surface area contributed by atoms with Gasteiger partial charge in [0.05, 0.1) is 29.5 Å². The number of halogens is 1. The van der Waals surface area contributed by atoms with Crippen molar-refractivity contribution in [2.75, 3.05) is 12.4 Å². The molecule has 0 spiro atoms. The minimum atomic E-state index is -0.391. The van der Waals surface area contributed by atoms with Crippen LogP contribution in [-0.2, 0) is 4.74 Å². The van der Waals surface area contributed by atoms with Crippen LogP contribution in [0.15, 0.2) is 77.5 Å². The summed E-state index contributed by atoms with van der Waals surface area (Å²) in [5.41, 5.74) is 4.60. The third kappa shape index (κ3) is 4.14. The molecule has 0 aliphatic rings. The lowest BCUT2D eigenvalue weighted by Crippen LogP contribution is -2.10. The van der Waals surface area contributed by atoms with Gasteiger partial charge in [-0.2, -0.15) is 0 Å². The summed E-state index contributed by atoms with van der Waals surface area (Å²) >= 11 is 6.42. The number of fused-ring (bicyclic) bond motifs is 1. The van der Waals surface area contributed by atoms with E-state index in [0.29, 0.717) is 38.8 Å². The monoisotopic (exact) mass is 472 g/mol. The van der Waals surface area contributed by atoms with Gasteiger partial charge in [-0.15, -0.1) is 0 Å². The van der Waals surface area contributed by atoms with Crippen molar-refractivity contribution in [1.29, 1.82) is 0 Å². The Morgan fingerprint density at radius 1 is 1.06 bits per heavy atom. The molecule has 0 saturated heterocycles. The first-order chi connectivity index (χ1) is 16.5. The Labute approximate surface area is 198 Å². The normalized spacial score (nSPS) is 10.9. The predicted octanol–water partition coefficient (Wildman–Crippen LogP) is 5.58. The Bertz CT molecular complexity index is 1510. The van der Waals surface area contributed by atoms with E-state index in [-0.39, 0.29) is 11.7 Å². The second-order valence-electron chi connectivity index (χ2n) is 7.38. The molecular weight excluding hydrogens is 456 g/mol. The average molecular weight is 473 g/mol. The number of pyridine rings is 1. The van der Waals surface area contributed by atoms with Crippen LogP contribution in [0.1, 0.15) is 20.9 Å². The number of aromatic amines is 1. The van der Waals surface area contributed by atoms with Crippen LogP contribution in [0.25, 0.3) is 33.7 Å². The molecule has 2 N–H and O–H groups in total. The zero-order valence-corrected chi connectivity index (χ0v) is 18.6. The van der Waals surface area contributed by atoms with E-state index in [9.17, 15) is 9.59 Å². The molecule has 1 amide bonds. The molecule has 3 heterocycles. The van der Waals surface area contributed by atoms with E-state index in [1.54, 1.807) is 48.7 Å². The summed E-state index contributed by atoms with van der Waals surface area (Å²) in [6, 6.07) is 17.3. The summed E-state index contributed by atoms with van der Waals surface area (Å²) in [7, 11) is 1.35. The van der Waals surface area contributed by atoms with Gasteiger partial charge in [-0.3, -0.25) is 4.79 Å². The molecule has 0 fully saturated rings. The van der Waals surface area contributed by atoms with Crippen LogP contribution >= 0.6 is 11.6 Å². The molecule has 2 aromatic carbocycles. The summed E-state index contributed by atoms with van der Waals surface area (Å²) in [6.07, 6.45) is 3.15. The molecule has 5 aromatic rings.